The van der Waals surface area contributed by atoms with Crippen LogP contribution in [0.4, 0.5) is 0 Å². The van der Waals surface area contributed by atoms with Gasteiger partial charge in [0.25, 0.3) is 0 Å². The van der Waals surface area contributed by atoms with Crippen LogP contribution in [0.25, 0.3) is 32.9 Å². The predicted octanol–water partition coefficient (Wildman–Crippen LogP) is 5.62. The molecule has 0 saturated heterocycles. The van der Waals surface area contributed by atoms with Crippen LogP contribution in [0.15, 0.2) is 60.7 Å². The van der Waals surface area contributed by atoms with Gasteiger partial charge in [0.15, 0.2) is 0 Å². The Morgan fingerprint density at radius 3 is 2.23 bits per heavy atom. The van der Waals surface area contributed by atoms with E-state index in [1.165, 1.54) is 44.1 Å². The molecular formula is C21H19N. The van der Waals surface area contributed by atoms with Gasteiger partial charge in [-0.1, -0.05) is 54.6 Å². The minimum Gasteiger partial charge on any atom is -0.343 e. The Morgan fingerprint density at radius 1 is 0.682 bits per heavy atom. The summed E-state index contributed by atoms with van der Waals surface area (Å²) in [5.74, 6) is 0. The van der Waals surface area contributed by atoms with Gasteiger partial charge in [0.1, 0.15) is 0 Å². The highest BCUT2D eigenvalue weighted by atomic mass is 14.9. The van der Waals surface area contributed by atoms with Gasteiger partial charge in [-0.2, -0.15) is 0 Å². The van der Waals surface area contributed by atoms with Crippen molar-refractivity contribution in [3.8, 4) is 11.1 Å². The van der Waals surface area contributed by atoms with E-state index < -0.39 is 0 Å². The average Bonchev–Trinajstić information content (AvgIpc) is 2.83. The molecule has 0 amide bonds. The number of rotatable bonds is 1. The zero-order valence-corrected chi connectivity index (χ0v) is 13.2. The summed E-state index contributed by atoms with van der Waals surface area (Å²) in [6, 6.07) is 21.8. The third-order valence-electron chi connectivity index (χ3n) is 4.76. The first kappa shape index (κ1) is 13.1. The molecule has 1 aromatic heterocycles. The maximum atomic E-state index is 2.32. The summed E-state index contributed by atoms with van der Waals surface area (Å²) in [6.07, 6.45) is 0. The first-order valence-corrected chi connectivity index (χ1v) is 7.71. The molecule has 1 nitrogen and oxygen atoms in total. The van der Waals surface area contributed by atoms with Gasteiger partial charge in [-0.25, -0.2) is 0 Å². The Kier molecular flexibility index (Phi) is 2.83. The first-order chi connectivity index (χ1) is 10.7. The fraction of sp³-hybridized carbons (Fsp3) is 0.143. The van der Waals surface area contributed by atoms with E-state index in [9.17, 15) is 0 Å². The molecule has 0 saturated carbocycles. The SMILES string of the molecule is Cc1ccccc1-c1ccc2c3ccccc3n(C)c2c1C. The number of para-hydroxylation sites is 1. The maximum Gasteiger partial charge on any atom is 0.0524 e. The second kappa shape index (κ2) is 4.74. The van der Waals surface area contributed by atoms with Crippen LogP contribution in [0.2, 0.25) is 0 Å². The zero-order chi connectivity index (χ0) is 15.3. The highest BCUT2D eigenvalue weighted by Gasteiger charge is 2.13. The Bertz CT molecular complexity index is 1010. The molecule has 3 aromatic carbocycles. The lowest BCUT2D eigenvalue weighted by molar-refractivity contribution is 1.01. The molecule has 0 fully saturated rings. The second-order valence-electron chi connectivity index (χ2n) is 6.03. The summed E-state index contributed by atoms with van der Waals surface area (Å²) in [4.78, 5) is 0. The normalized spacial score (nSPS) is 11.4. The van der Waals surface area contributed by atoms with Crippen LogP contribution < -0.4 is 0 Å². The number of benzene rings is 3. The van der Waals surface area contributed by atoms with Crippen LogP contribution in [0.1, 0.15) is 11.1 Å². The number of nitrogens with zero attached hydrogens (tertiary/aromatic N) is 1. The molecule has 0 bridgehead atoms. The molecule has 108 valence electrons. The molecule has 22 heavy (non-hydrogen) atoms. The van der Waals surface area contributed by atoms with E-state index in [1.807, 2.05) is 0 Å². The molecule has 0 unspecified atom stereocenters. The Labute approximate surface area is 130 Å². The van der Waals surface area contributed by atoms with Crippen molar-refractivity contribution < 1.29 is 0 Å². The molecule has 4 rings (SSSR count). The first-order valence-electron chi connectivity index (χ1n) is 7.71. The monoisotopic (exact) mass is 285 g/mol. The van der Waals surface area contributed by atoms with Crippen LogP contribution >= 0.6 is 0 Å². The predicted molar refractivity (Wildman–Crippen MR) is 95.3 cm³/mol. The van der Waals surface area contributed by atoms with E-state index in [0.717, 1.165) is 0 Å². The summed E-state index contributed by atoms with van der Waals surface area (Å²) >= 11 is 0. The van der Waals surface area contributed by atoms with Gasteiger partial charge in [0.05, 0.1) is 5.52 Å². The Morgan fingerprint density at radius 2 is 1.41 bits per heavy atom. The number of hydrogen-bond donors (Lipinski definition) is 0. The number of fused-ring (bicyclic) bond motifs is 3. The van der Waals surface area contributed by atoms with E-state index in [0.29, 0.717) is 0 Å². The van der Waals surface area contributed by atoms with E-state index in [-0.39, 0.29) is 0 Å². The number of hydrogen-bond acceptors (Lipinski definition) is 0. The maximum absolute atomic E-state index is 2.32. The molecule has 0 spiro atoms. The van der Waals surface area contributed by atoms with Gasteiger partial charge >= 0.3 is 0 Å². The Hall–Kier alpha value is -2.54. The summed E-state index contributed by atoms with van der Waals surface area (Å²) in [5, 5.41) is 2.67. The molecule has 0 aliphatic carbocycles. The topological polar surface area (TPSA) is 4.93 Å². The van der Waals surface area contributed by atoms with Crippen LogP contribution in [0.3, 0.4) is 0 Å². The van der Waals surface area contributed by atoms with Crippen molar-refractivity contribution in [2.45, 2.75) is 13.8 Å². The quantitative estimate of drug-likeness (QED) is 0.428. The van der Waals surface area contributed by atoms with E-state index in [2.05, 4.69) is 86.1 Å². The molecule has 0 radical (unpaired) electrons. The van der Waals surface area contributed by atoms with Gasteiger partial charge in [0.2, 0.25) is 0 Å². The lowest BCUT2D eigenvalue weighted by Gasteiger charge is -2.11. The van der Waals surface area contributed by atoms with Crippen LogP contribution in [-0.2, 0) is 7.05 Å². The van der Waals surface area contributed by atoms with Crippen molar-refractivity contribution >= 4 is 21.8 Å². The van der Waals surface area contributed by atoms with Crippen molar-refractivity contribution in [3.63, 3.8) is 0 Å². The standard InChI is InChI=1S/C21H19N/c1-14-8-4-5-9-16(14)17-12-13-19-18-10-6-7-11-20(18)22(3)21(19)15(17)2/h4-13H,1-3H3. The fourth-order valence-corrected chi connectivity index (χ4v) is 3.63. The van der Waals surface area contributed by atoms with Gasteiger partial charge in [0, 0.05) is 23.3 Å². The molecule has 0 aliphatic rings. The molecular weight excluding hydrogens is 266 g/mol. The molecule has 1 heterocycles. The van der Waals surface area contributed by atoms with Crippen LogP contribution in [-0.4, -0.2) is 4.57 Å². The van der Waals surface area contributed by atoms with Gasteiger partial charge in [-0.3, -0.25) is 0 Å². The molecule has 1 heteroatoms. The Balaban J connectivity index is 2.13. The van der Waals surface area contributed by atoms with Crippen LogP contribution in [0, 0.1) is 13.8 Å². The smallest absolute Gasteiger partial charge is 0.0524 e. The molecule has 4 aromatic rings. The third kappa shape index (κ3) is 1.72. The highest BCUT2D eigenvalue weighted by Crippen LogP contribution is 2.36. The number of aryl methyl sites for hydroxylation is 3. The summed E-state index contributed by atoms with van der Waals surface area (Å²) < 4.78 is 2.32. The lowest BCUT2D eigenvalue weighted by atomic mass is 9.95. The summed E-state index contributed by atoms with van der Waals surface area (Å²) in [5.41, 5.74) is 7.96. The van der Waals surface area contributed by atoms with Gasteiger partial charge < -0.3 is 4.57 Å². The minimum atomic E-state index is 1.29. The van der Waals surface area contributed by atoms with Crippen molar-refractivity contribution in [2.75, 3.05) is 0 Å². The van der Waals surface area contributed by atoms with Crippen LogP contribution in [0.5, 0.6) is 0 Å². The highest BCUT2D eigenvalue weighted by molar-refractivity contribution is 6.10. The average molecular weight is 285 g/mol. The minimum absolute atomic E-state index is 1.29. The van der Waals surface area contributed by atoms with Crippen molar-refractivity contribution in [2.24, 2.45) is 7.05 Å². The molecule has 0 aliphatic heterocycles. The summed E-state index contributed by atoms with van der Waals surface area (Å²) in [6.45, 7) is 4.42. The summed E-state index contributed by atoms with van der Waals surface area (Å²) in [7, 11) is 2.17. The molecule has 0 N–H and O–H groups in total. The largest absolute Gasteiger partial charge is 0.343 e. The van der Waals surface area contributed by atoms with E-state index in [4.69, 9.17) is 0 Å². The van der Waals surface area contributed by atoms with Crippen molar-refractivity contribution in [1.29, 1.82) is 0 Å². The van der Waals surface area contributed by atoms with E-state index in [1.54, 1.807) is 0 Å². The van der Waals surface area contributed by atoms with Gasteiger partial charge in [-0.05, 0) is 42.2 Å². The fourth-order valence-electron chi connectivity index (χ4n) is 3.63. The second-order valence-corrected chi connectivity index (χ2v) is 6.03. The number of aromatic nitrogens is 1. The molecule has 0 atom stereocenters. The van der Waals surface area contributed by atoms with E-state index >= 15 is 0 Å². The lowest BCUT2D eigenvalue weighted by Crippen LogP contribution is -1.93. The van der Waals surface area contributed by atoms with Crippen molar-refractivity contribution in [1.82, 2.24) is 4.57 Å². The third-order valence-corrected chi connectivity index (χ3v) is 4.76. The van der Waals surface area contributed by atoms with Crippen molar-refractivity contribution in [3.05, 3.63) is 71.8 Å². The van der Waals surface area contributed by atoms with Gasteiger partial charge in [-0.15, -0.1) is 0 Å². The zero-order valence-electron chi connectivity index (χ0n) is 13.2.